The first-order chi connectivity index (χ1) is 11.4. The molecule has 0 N–H and O–H groups in total. The molecule has 1 aromatic heterocycles. The Balaban J connectivity index is 1.83. The van der Waals surface area contributed by atoms with Gasteiger partial charge in [-0.25, -0.2) is 4.98 Å². The quantitative estimate of drug-likeness (QED) is 0.690. The number of pyridine rings is 1. The van der Waals surface area contributed by atoms with Crippen molar-refractivity contribution >= 4 is 21.6 Å². The van der Waals surface area contributed by atoms with Crippen molar-refractivity contribution in [1.82, 2.24) is 4.98 Å². The van der Waals surface area contributed by atoms with Crippen molar-refractivity contribution in [3.63, 3.8) is 0 Å². The van der Waals surface area contributed by atoms with E-state index >= 15 is 0 Å². The minimum atomic E-state index is -4.53. The number of benzene rings is 1. The lowest BCUT2D eigenvalue weighted by Gasteiger charge is -2.21. The molecule has 0 amide bonds. The summed E-state index contributed by atoms with van der Waals surface area (Å²) in [6.45, 7) is 1.30. The van der Waals surface area contributed by atoms with Crippen LogP contribution in [0, 0.1) is 11.3 Å². The number of hydrogen-bond acceptors (Lipinski definition) is 3. The topological polar surface area (TPSA) is 39.9 Å². The van der Waals surface area contributed by atoms with Crippen LogP contribution in [0.25, 0.3) is 0 Å². The standard InChI is InChI=1S/C17H13BrF3N3/c18-16-4-2-12(9-23-16)13-5-6-24(10-13)14-3-1-11(8-22)15(7-14)17(19,20)21/h1-4,7,9,13H,5-6,10H2. The van der Waals surface area contributed by atoms with E-state index < -0.39 is 11.7 Å². The van der Waals surface area contributed by atoms with Crippen LogP contribution in [0.1, 0.15) is 29.0 Å². The molecule has 0 bridgehead atoms. The molecule has 1 atom stereocenters. The van der Waals surface area contributed by atoms with E-state index in [9.17, 15) is 13.2 Å². The van der Waals surface area contributed by atoms with Gasteiger partial charge in [0, 0.05) is 30.9 Å². The van der Waals surface area contributed by atoms with Crippen LogP contribution in [0.4, 0.5) is 18.9 Å². The van der Waals surface area contributed by atoms with Gasteiger partial charge in [0.1, 0.15) is 4.60 Å². The van der Waals surface area contributed by atoms with Gasteiger partial charge in [-0.05, 0) is 52.2 Å². The van der Waals surface area contributed by atoms with E-state index in [1.807, 2.05) is 17.0 Å². The van der Waals surface area contributed by atoms with Gasteiger partial charge in [0.25, 0.3) is 0 Å². The molecule has 0 radical (unpaired) electrons. The summed E-state index contributed by atoms with van der Waals surface area (Å²) in [5.41, 5.74) is 0.342. The highest BCUT2D eigenvalue weighted by Gasteiger charge is 2.35. The largest absolute Gasteiger partial charge is 0.417 e. The average molecular weight is 396 g/mol. The first-order valence-corrected chi connectivity index (χ1v) is 8.15. The molecule has 2 heterocycles. The molecule has 1 unspecified atom stereocenters. The van der Waals surface area contributed by atoms with Crippen LogP contribution in [-0.2, 0) is 6.18 Å². The van der Waals surface area contributed by atoms with Gasteiger partial charge >= 0.3 is 6.18 Å². The Hall–Kier alpha value is -2.07. The molecule has 1 saturated heterocycles. The van der Waals surface area contributed by atoms with E-state index in [0.29, 0.717) is 18.8 Å². The summed E-state index contributed by atoms with van der Waals surface area (Å²) in [6, 6.07) is 9.34. The lowest BCUT2D eigenvalue weighted by atomic mass is 10.0. The zero-order valence-electron chi connectivity index (χ0n) is 12.5. The third kappa shape index (κ3) is 3.39. The Kier molecular flexibility index (Phi) is 4.50. The lowest BCUT2D eigenvalue weighted by molar-refractivity contribution is -0.137. The molecule has 124 valence electrons. The van der Waals surface area contributed by atoms with E-state index in [2.05, 4.69) is 20.9 Å². The van der Waals surface area contributed by atoms with Gasteiger partial charge in [0.2, 0.25) is 0 Å². The number of nitriles is 1. The SMILES string of the molecule is N#Cc1ccc(N2CCC(c3ccc(Br)nc3)C2)cc1C(F)(F)F. The van der Waals surface area contributed by atoms with E-state index in [0.717, 1.165) is 22.7 Å². The number of rotatable bonds is 2. The van der Waals surface area contributed by atoms with Gasteiger partial charge in [-0.3, -0.25) is 0 Å². The monoisotopic (exact) mass is 395 g/mol. The second-order valence-corrected chi connectivity index (χ2v) is 6.50. The van der Waals surface area contributed by atoms with Gasteiger partial charge in [-0.1, -0.05) is 6.07 Å². The van der Waals surface area contributed by atoms with Crippen molar-refractivity contribution in [2.24, 2.45) is 0 Å². The summed E-state index contributed by atoms with van der Waals surface area (Å²) in [5, 5.41) is 8.88. The Labute approximate surface area is 145 Å². The zero-order valence-corrected chi connectivity index (χ0v) is 14.1. The summed E-state index contributed by atoms with van der Waals surface area (Å²) in [5.74, 6) is 0.232. The summed E-state index contributed by atoms with van der Waals surface area (Å²) < 4.78 is 40.1. The molecular formula is C17H13BrF3N3. The Bertz CT molecular complexity index is 781. The Morgan fingerprint density at radius 1 is 1.25 bits per heavy atom. The highest BCUT2D eigenvalue weighted by atomic mass is 79.9. The first kappa shape index (κ1) is 16.8. The lowest BCUT2D eigenvalue weighted by Crippen LogP contribution is -2.20. The van der Waals surface area contributed by atoms with E-state index in [4.69, 9.17) is 5.26 Å². The van der Waals surface area contributed by atoms with Gasteiger partial charge in [0.05, 0.1) is 17.2 Å². The summed E-state index contributed by atoms with van der Waals surface area (Å²) in [6.07, 6.45) is -1.89. The molecule has 24 heavy (non-hydrogen) atoms. The summed E-state index contributed by atoms with van der Waals surface area (Å²) in [4.78, 5) is 6.12. The van der Waals surface area contributed by atoms with Crippen LogP contribution in [-0.4, -0.2) is 18.1 Å². The maximum Gasteiger partial charge on any atom is 0.417 e. The average Bonchev–Trinajstić information content (AvgIpc) is 3.04. The van der Waals surface area contributed by atoms with Crippen molar-refractivity contribution in [2.45, 2.75) is 18.5 Å². The highest BCUT2D eigenvalue weighted by Crippen LogP contribution is 2.36. The number of anilines is 1. The highest BCUT2D eigenvalue weighted by molar-refractivity contribution is 9.10. The predicted molar refractivity (Wildman–Crippen MR) is 87.7 cm³/mol. The fourth-order valence-corrected chi connectivity index (χ4v) is 3.19. The molecule has 3 rings (SSSR count). The zero-order chi connectivity index (χ0) is 17.3. The van der Waals surface area contributed by atoms with Crippen molar-refractivity contribution in [1.29, 1.82) is 5.26 Å². The molecule has 1 fully saturated rings. The van der Waals surface area contributed by atoms with Crippen molar-refractivity contribution < 1.29 is 13.2 Å². The van der Waals surface area contributed by atoms with E-state index in [1.54, 1.807) is 18.3 Å². The fourth-order valence-electron chi connectivity index (χ4n) is 2.96. The maximum absolute atomic E-state index is 13.1. The third-order valence-corrected chi connectivity index (χ3v) is 4.67. The molecule has 1 aliphatic rings. The van der Waals surface area contributed by atoms with Crippen LogP contribution >= 0.6 is 15.9 Å². The van der Waals surface area contributed by atoms with Crippen LogP contribution in [0.2, 0.25) is 0 Å². The van der Waals surface area contributed by atoms with E-state index in [-0.39, 0.29) is 11.5 Å². The Morgan fingerprint density at radius 3 is 2.67 bits per heavy atom. The molecule has 2 aromatic rings. The molecule has 7 heteroatoms. The van der Waals surface area contributed by atoms with E-state index in [1.165, 1.54) is 6.07 Å². The van der Waals surface area contributed by atoms with Gasteiger partial charge in [-0.2, -0.15) is 18.4 Å². The normalized spacial score (nSPS) is 17.8. The number of halogens is 4. The number of hydrogen-bond donors (Lipinski definition) is 0. The van der Waals surface area contributed by atoms with Gasteiger partial charge in [0.15, 0.2) is 0 Å². The number of nitrogens with zero attached hydrogens (tertiary/aromatic N) is 3. The smallest absolute Gasteiger partial charge is 0.371 e. The molecule has 0 spiro atoms. The molecule has 0 saturated carbocycles. The molecular weight excluding hydrogens is 383 g/mol. The van der Waals surface area contributed by atoms with Crippen LogP contribution in [0.3, 0.4) is 0 Å². The Morgan fingerprint density at radius 2 is 2.04 bits per heavy atom. The minimum absolute atomic E-state index is 0.232. The van der Waals surface area contributed by atoms with Gasteiger partial charge in [-0.15, -0.1) is 0 Å². The summed E-state index contributed by atoms with van der Waals surface area (Å²) in [7, 11) is 0. The minimum Gasteiger partial charge on any atom is -0.371 e. The second kappa shape index (κ2) is 6.44. The molecule has 1 aliphatic heterocycles. The fraction of sp³-hybridized carbons (Fsp3) is 0.294. The van der Waals surface area contributed by atoms with Crippen LogP contribution in [0.5, 0.6) is 0 Å². The number of aromatic nitrogens is 1. The van der Waals surface area contributed by atoms with Crippen LogP contribution < -0.4 is 4.90 Å². The van der Waals surface area contributed by atoms with Gasteiger partial charge < -0.3 is 4.90 Å². The first-order valence-electron chi connectivity index (χ1n) is 7.36. The molecule has 3 nitrogen and oxygen atoms in total. The third-order valence-electron chi connectivity index (χ3n) is 4.20. The molecule has 1 aromatic carbocycles. The second-order valence-electron chi connectivity index (χ2n) is 5.69. The maximum atomic E-state index is 13.1. The van der Waals surface area contributed by atoms with Crippen molar-refractivity contribution in [3.8, 4) is 6.07 Å². The summed E-state index contributed by atoms with van der Waals surface area (Å²) >= 11 is 3.29. The number of alkyl halides is 3. The van der Waals surface area contributed by atoms with Crippen molar-refractivity contribution in [2.75, 3.05) is 18.0 Å². The molecule has 0 aliphatic carbocycles. The van der Waals surface area contributed by atoms with Crippen LogP contribution in [0.15, 0.2) is 41.1 Å². The van der Waals surface area contributed by atoms with Crippen molar-refractivity contribution in [3.05, 3.63) is 57.8 Å². The predicted octanol–water partition coefficient (Wildman–Crippen LogP) is 4.73.